The molecule has 0 saturated heterocycles. The fourth-order valence-electron chi connectivity index (χ4n) is 2.26. The van der Waals surface area contributed by atoms with Gasteiger partial charge in [0.1, 0.15) is 0 Å². The minimum Gasteiger partial charge on any atom is -0.481 e. The molecule has 1 aromatic carbocycles. The minimum atomic E-state index is -0.937. The van der Waals surface area contributed by atoms with E-state index in [1.165, 1.54) is 0 Å². The van der Waals surface area contributed by atoms with Gasteiger partial charge in [0.15, 0.2) is 0 Å². The molecule has 2 aromatic rings. The Morgan fingerprint density at radius 1 is 1.21 bits per heavy atom. The zero-order valence-electron chi connectivity index (χ0n) is 14.0. The van der Waals surface area contributed by atoms with Crippen LogP contribution in [0, 0.1) is 19.8 Å². The second-order valence-corrected chi connectivity index (χ2v) is 6.63. The predicted octanol–water partition coefficient (Wildman–Crippen LogP) is 3.09. The lowest BCUT2D eigenvalue weighted by molar-refractivity contribution is -0.141. The van der Waals surface area contributed by atoms with Gasteiger partial charge < -0.3 is 10.4 Å². The van der Waals surface area contributed by atoms with Crippen LogP contribution in [0.3, 0.4) is 0 Å². The molecule has 128 valence electrons. The summed E-state index contributed by atoms with van der Waals surface area (Å²) in [7, 11) is 0. The Hall–Kier alpha value is -2.15. The predicted molar refractivity (Wildman–Crippen MR) is 94.5 cm³/mol. The van der Waals surface area contributed by atoms with Gasteiger partial charge in [0.2, 0.25) is 0 Å². The van der Waals surface area contributed by atoms with Crippen molar-refractivity contribution in [2.45, 2.75) is 33.7 Å². The summed E-state index contributed by atoms with van der Waals surface area (Å²) < 4.78 is 2.76. The Kier molecular flexibility index (Phi) is 5.43. The number of hydrogen-bond acceptors (Lipinski definition) is 3. The van der Waals surface area contributed by atoms with Gasteiger partial charge in [0, 0.05) is 11.6 Å². The number of aliphatic carboxylic acids is 1. The molecule has 6 nitrogen and oxygen atoms in total. The van der Waals surface area contributed by atoms with Gasteiger partial charge in [-0.15, -0.1) is 0 Å². The third kappa shape index (κ3) is 3.67. The second kappa shape index (κ2) is 7.17. The van der Waals surface area contributed by atoms with Crippen LogP contribution >= 0.6 is 15.9 Å². The maximum atomic E-state index is 12.2. The van der Waals surface area contributed by atoms with Crippen LogP contribution in [-0.4, -0.2) is 32.8 Å². The topological polar surface area (TPSA) is 84.2 Å². The Morgan fingerprint density at radius 2 is 1.79 bits per heavy atom. The van der Waals surface area contributed by atoms with Crippen molar-refractivity contribution >= 4 is 27.8 Å². The van der Waals surface area contributed by atoms with Crippen LogP contribution in [0.15, 0.2) is 28.7 Å². The molecule has 0 aliphatic rings. The van der Waals surface area contributed by atoms with Gasteiger partial charge in [-0.2, -0.15) is 5.10 Å². The van der Waals surface area contributed by atoms with E-state index >= 15 is 0 Å². The highest BCUT2D eigenvalue weighted by Gasteiger charge is 2.21. The number of halogens is 1. The number of carbonyl (C=O) groups excluding carboxylic acids is 1. The van der Waals surface area contributed by atoms with E-state index in [0.29, 0.717) is 5.56 Å². The van der Waals surface area contributed by atoms with Gasteiger partial charge >= 0.3 is 5.97 Å². The van der Waals surface area contributed by atoms with E-state index in [9.17, 15) is 9.59 Å². The Labute approximate surface area is 149 Å². The molecule has 1 heterocycles. The van der Waals surface area contributed by atoms with Crippen molar-refractivity contribution in [3.05, 3.63) is 45.7 Å². The summed E-state index contributed by atoms with van der Waals surface area (Å²) in [4.78, 5) is 23.2. The van der Waals surface area contributed by atoms with Gasteiger partial charge in [0.25, 0.3) is 5.91 Å². The first-order valence-electron chi connectivity index (χ1n) is 7.58. The highest BCUT2D eigenvalue weighted by Crippen LogP contribution is 2.23. The maximum absolute atomic E-state index is 12.2. The molecule has 7 heteroatoms. The molecule has 0 aliphatic carbocycles. The molecule has 0 bridgehead atoms. The summed E-state index contributed by atoms with van der Waals surface area (Å²) in [6.45, 7) is 7.12. The molecule has 0 aliphatic heterocycles. The molecular weight excluding hydrogens is 374 g/mol. The fourth-order valence-corrected chi connectivity index (χ4v) is 2.51. The average Bonchev–Trinajstić information content (AvgIpc) is 2.81. The number of aromatic nitrogens is 2. The molecule has 2 unspecified atom stereocenters. The quantitative estimate of drug-likeness (QED) is 0.817. The van der Waals surface area contributed by atoms with E-state index < -0.39 is 17.9 Å². The van der Waals surface area contributed by atoms with Crippen LogP contribution in [0.1, 0.15) is 35.6 Å². The van der Waals surface area contributed by atoms with Gasteiger partial charge in [-0.25, -0.2) is 4.68 Å². The van der Waals surface area contributed by atoms with Crippen LogP contribution in [0.2, 0.25) is 0 Å². The van der Waals surface area contributed by atoms with Crippen molar-refractivity contribution in [2.75, 3.05) is 0 Å². The summed E-state index contributed by atoms with van der Waals surface area (Å²) in [5, 5.41) is 16.1. The van der Waals surface area contributed by atoms with Crippen molar-refractivity contribution < 1.29 is 14.7 Å². The van der Waals surface area contributed by atoms with Crippen LogP contribution in [-0.2, 0) is 4.79 Å². The number of amides is 1. The number of carboxylic acid groups (broad SMARTS) is 1. The first-order valence-corrected chi connectivity index (χ1v) is 8.37. The smallest absolute Gasteiger partial charge is 0.308 e. The molecular formula is C17H20BrN3O3. The molecule has 2 rings (SSSR count). The normalized spacial score (nSPS) is 13.4. The molecule has 0 spiro atoms. The number of aryl methyl sites for hydroxylation is 1. The number of hydrogen-bond donors (Lipinski definition) is 2. The van der Waals surface area contributed by atoms with E-state index in [0.717, 1.165) is 21.5 Å². The number of nitrogens with one attached hydrogen (secondary N) is 1. The van der Waals surface area contributed by atoms with E-state index in [4.69, 9.17) is 5.11 Å². The fraction of sp³-hybridized carbons (Fsp3) is 0.353. The number of carboxylic acids is 1. The van der Waals surface area contributed by atoms with Gasteiger partial charge in [-0.1, -0.05) is 0 Å². The molecule has 0 saturated carbocycles. The lowest BCUT2D eigenvalue weighted by Crippen LogP contribution is -2.40. The van der Waals surface area contributed by atoms with Crippen LogP contribution < -0.4 is 5.32 Å². The number of carbonyl (C=O) groups is 2. The van der Waals surface area contributed by atoms with Gasteiger partial charge in [-0.05, 0) is 67.9 Å². The first kappa shape index (κ1) is 18.2. The first-order chi connectivity index (χ1) is 11.2. The van der Waals surface area contributed by atoms with E-state index in [1.807, 2.05) is 26.0 Å². The third-order valence-electron chi connectivity index (χ3n) is 4.08. The molecule has 24 heavy (non-hydrogen) atoms. The van der Waals surface area contributed by atoms with Crippen molar-refractivity contribution in [3.8, 4) is 5.69 Å². The SMILES string of the molecule is Cc1nn(-c2ccc(C(=O)NC(C)C(C)C(=O)O)cc2)c(C)c1Br. The summed E-state index contributed by atoms with van der Waals surface area (Å²) in [5.74, 6) is -1.88. The van der Waals surface area contributed by atoms with E-state index in [2.05, 4.69) is 26.3 Å². The zero-order chi connectivity index (χ0) is 18.0. The van der Waals surface area contributed by atoms with Gasteiger partial charge in [0.05, 0.1) is 27.5 Å². The highest BCUT2D eigenvalue weighted by atomic mass is 79.9. The lowest BCUT2D eigenvalue weighted by Gasteiger charge is -2.17. The largest absolute Gasteiger partial charge is 0.481 e. The number of nitrogens with zero attached hydrogens (tertiary/aromatic N) is 2. The monoisotopic (exact) mass is 393 g/mol. The van der Waals surface area contributed by atoms with Crippen LogP contribution in [0.4, 0.5) is 0 Å². The second-order valence-electron chi connectivity index (χ2n) is 5.83. The lowest BCUT2D eigenvalue weighted by atomic mass is 10.0. The molecule has 1 aromatic heterocycles. The Balaban J connectivity index is 2.15. The van der Waals surface area contributed by atoms with Crippen LogP contribution in [0.25, 0.3) is 5.69 Å². The van der Waals surface area contributed by atoms with E-state index in [1.54, 1.807) is 30.7 Å². The van der Waals surface area contributed by atoms with Crippen molar-refractivity contribution in [3.63, 3.8) is 0 Å². The van der Waals surface area contributed by atoms with E-state index in [-0.39, 0.29) is 5.91 Å². The molecule has 0 radical (unpaired) electrons. The minimum absolute atomic E-state index is 0.295. The standard InChI is InChI=1S/C17H20BrN3O3/c1-9(17(23)24)10(2)19-16(22)13-5-7-14(8-6-13)21-12(4)15(18)11(3)20-21/h5-10H,1-4H3,(H,19,22)(H,23,24). The molecule has 2 N–H and O–H groups in total. The molecule has 2 atom stereocenters. The van der Waals surface area contributed by atoms with Crippen LogP contribution in [0.5, 0.6) is 0 Å². The van der Waals surface area contributed by atoms with Crippen molar-refractivity contribution in [1.82, 2.24) is 15.1 Å². The van der Waals surface area contributed by atoms with Crippen molar-refractivity contribution in [2.24, 2.45) is 5.92 Å². The highest BCUT2D eigenvalue weighted by molar-refractivity contribution is 9.10. The summed E-state index contributed by atoms with van der Waals surface area (Å²) in [5.41, 5.74) is 3.20. The van der Waals surface area contributed by atoms with Crippen molar-refractivity contribution in [1.29, 1.82) is 0 Å². The molecule has 1 amide bonds. The summed E-state index contributed by atoms with van der Waals surface area (Å²) in [6.07, 6.45) is 0. The maximum Gasteiger partial charge on any atom is 0.308 e. The number of benzene rings is 1. The summed E-state index contributed by atoms with van der Waals surface area (Å²) in [6, 6.07) is 6.57. The molecule has 0 fully saturated rings. The van der Waals surface area contributed by atoms with Gasteiger partial charge in [-0.3, -0.25) is 9.59 Å². The zero-order valence-corrected chi connectivity index (χ0v) is 15.6. The third-order valence-corrected chi connectivity index (χ3v) is 5.22. The Morgan fingerprint density at radius 3 is 2.25 bits per heavy atom. The number of rotatable bonds is 5. The summed E-state index contributed by atoms with van der Waals surface area (Å²) >= 11 is 3.49. The average molecular weight is 394 g/mol. The Bertz CT molecular complexity index is 768.